The zero-order chi connectivity index (χ0) is 19.5. The lowest BCUT2D eigenvalue weighted by Crippen LogP contribution is -2.67. The summed E-state index contributed by atoms with van der Waals surface area (Å²) in [5, 5.41) is 3.04. The number of methoxy groups -OCH3 is 1. The summed E-state index contributed by atoms with van der Waals surface area (Å²) >= 11 is 0. The molecular formula is C20H29N5O3. The third-order valence-corrected chi connectivity index (χ3v) is 6.41. The van der Waals surface area contributed by atoms with Crippen molar-refractivity contribution in [3.63, 3.8) is 0 Å². The molecule has 2 amide bonds. The number of ether oxygens (including phenoxy) is 1. The molecule has 0 aromatic carbocycles. The SMILES string of the molecule is COCCC(=O)NC[C@H]1[C@H]2C[C@H](CN(c3cnccn3)C2)[C@@H]2CCCC(=O)N21. The van der Waals surface area contributed by atoms with Crippen LogP contribution < -0.4 is 10.2 Å². The van der Waals surface area contributed by atoms with E-state index in [0.717, 1.165) is 38.2 Å². The number of nitrogens with zero attached hydrogens (tertiary/aromatic N) is 4. The first-order valence-electron chi connectivity index (χ1n) is 10.2. The van der Waals surface area contributed by atoms with Gasteiger partial charge in [-0.15, -0.1) is 0 Å². The third-order valence-electron chi connectivity index (χ3n) is 6.41. The zero-order valence-electron chi connectivity index (χ0n) is 16.4. The predicted molar refractivity (Wildman–Crippen MR) is 104 cm³/mol. The van der Waals surface area contributed by atoms with Crippen LogP contribution in [0.25, 0.3) is 0 Å². The highest BCUT2D eigenvalue weighted by molar-refractivity contribution is 5.79. The Balaban J connectivity index is 1.52. The van der Waals surface area contributed by atoms with E-state index in [4.69, 9.17) is 4.74 Å². The van der Waals surface area contributed by atoms with Crippen molar-refractivity contribution in [1.29, 1.82) is 0 Å². The molecule has 4 atom stereocenters. The molecule has 8 nitrogen and oxygen atoms in total. The Hall–Kier alpha value is -2.22. The maximum atomic E-state index is 12.8. The van der Waals surface area contributed by atoms with Crippen molar-refractivity contribution in [2.45, 2.75) is 44.2 Å². The number of hydrogen-bond donors (Lipinski definition) is 1. The average Bonchev–Trinajstić information content (AvgIpc) is 2.73. The van der Waals surface area contributed by atoms with Crippen molar-refractivity contribution < 1.29 is 14.3 Å². The maximum absolute atomic E-state index is 12.8. The summed E-state index contributed by atoms with van der Waals surface area (Å²) in [4.78, 5) is 38.0. The van der Waals surface area contributed by atoms with Gasteiger partial charge in [-0.3, -0.25) is 14.6 Å². The van der Waals surface area contributed by atoms with E-state index in [0.29, 0.717) is 37.8 Å². The number of carbonyl (C=O) groups is 2. The van der Waals surface area contributed by atoms with E-state index in [9.17, 15) is 9.59 Å². The number of rotatable bonds is 6. The van der Waals surface area contributed by atoms with Crippen LogP contribution >= 0.6 is 0 Å². The Morgan fingerprint density at radius 3 is 2.96 bits per heavy atom. The molecule has 2 bridgehead atoms. The molecule has 0 saturated carbocycles. The van der Waals surface area contributed by atoms with E-state index in [1.807, 2.05) is 6.20 Å². The largest absolute Gasteiger partial charge is 0.384 e. The van der Waals surface area contributed by atoms with E-state index in [2.05, 4.69) is 25.1 Å². The summed E-state index contributed by atoms with van der Waals surface area (Å²) in [6, 6.07) is 0.304. The summed E-state index contributed by atoms with van der Waals surface area (Å²) < 4.78 is 4.99. The Morgan fingerprint density at radius 1 is 1.32 bits per heavy atom. The highest BCUT2D eigenvalue weighted by Gasteiger charge is 2.49. The quantitative estimate of drug-likeness (QED) is 0.778. The van der Waals surface area contributed by atoms with E-state index >= 15 is 0 Å². The smallest absolute Gasteiger partial charge is 0.223 e. The van der Waals surface area contributed by atoms with Crippen LogP contribution in [-0.4, -0.2) is 72.1 Å². The van der Waals surface area contributed by atoms with Crippen molar-refractivity contribution in [2.75, 3.05) is 38.3 Å². The van der Waals surface area contributed by atoms with Crippen LogP contribution in [-0.2, 0) is 14.3 Å². The number of carbonyl (C=O) groups excluding carboxylic acids is 2. The minimum atomic E-state index is -0.0217. The lowest BCUT2D eigenvalue weighted by molar-refractivity contribution is -0.149. The molecule has 1 aromatic rings. The van der Waals surface area contributed by atoms with Gasteiger partial charge < -0.3 is 19.9 Å². The second-order valence-electron chi connectivity index (χ2n) is 8.10. The number of nitrogens with one attached hydrogen (secondary N) is 1. The molecule has 1 N–H and O–H groups in total. The molecule has 0 unspecified atom stereocenters. The summed E-state index contributed by atoms with van der Waals surface area (Å²) in [7, 11) is 1.59. The van der Waals surface area contributed by atoms with Crippen LogP contribution in [0.5, 0.6) is 0 Å². The molecule has 0 radical (unpaired) electrons. The van der Waals surface area contributed by atoms with Gasteiger partial charge >= 0.3 is 0 Å². The van der Waals surface area contributed by atoms with Crippen molar-refractivity contribution in [1.82, 2.24) is 20.2 Å². The molecule has 4 rings (SSSR count). The van der Waals surface area contributed by atoms with E-state index in [1.165, 1.54) is 0 Å². The van der Waals surface area contributed by atoms with Gasteiger partial charge in [0.05, 0.1) is 18.8 Å². The fraction of sp³-hybridized carbons (Fsp3) is 0.700. The standard InChI is InChI=1S/C20H29N5O3/c1-28-8-5-19(26)23-10-17-15-9-14(16-3-2-4-20(27)25(16)17)12-24(13-15)18-11-21-6-7-22-18/h6-7,11,14-17H,2-5,8-10,12-13H2,1H3,(H,23,26)/t14-,15+,16+,17+/m1/s1. The molecule has 4 heterocycles. The Kier molecular flexibility index (Phi) is 5.75. The highest BCUT2D eigenvalue weighted by Crippen LogP contribution is 2.42. The molecule has 3 aliphatic heterocycles. The topological polar surface area (TPSA) is 87.7 Å². The lowest BCUT2D eigenvalue weighted by atomic mass is 9.72. The van der Waals surface area contributed by atoms with Crippen LogP contribution in [0.2, 0.25) is 0 Å². The first kappa shape index (κ1) is 19.1. The highest BCUT2D eigenvalue weighted by atomic mass is 16.5. The Morgan fingerprint density at radius 2 is 2.18 bits per heavy atom. The van der Waals surface area contributed by atoms with Crippen LogP contribution in [0.1, 0.15) is 32.1 Å². The fourth-order valence-corrected chi connectivity index (χ4v) is 5.18. The summed E-state index contributed by atoms with van der Waals surface area (Å²) in [5.74, 6) is 1.89. The monoisotopic (exact) mass is 387 g/mol. The number of anilines is 1. The molecule has 0 aliphatic carbocycles. The second kappa shape index (κ2) is 8.43. The molecule has 3 saturated heterocycles. The van der Waals surface area contributed by atoms with Crippen LogP contribution in [0.15, 0.2) is 18.6 Å². The van der Waals surface area contributed by atoms with Crippen molar-refractivity contribution >= 4 is 17.6 Å². The lowest BCUT2D eigenvalue weighted by Gasteiger charge is -2.56. The Bertz CT molecular complexity index is 700. The molecule has 8 heteroatoms. The van der Waals surface area contributed by atoms with Crippen molar-refractivity contribution in [3.05, 3.63) is 18.6 Å². The normalized spacial score (nSPS) is 29.4. The average molecular weight is 387 g/mol. The minimum Gasteiger partial charge on any atom is -0.384 e. The third kappa shape index (κ3) is 3.83. The van der Waals surface area contributed by atoms with E-state index in [-0.39, 0.29) is 23.9 Å². The van der Waals surface area contributed by atoms with Crippen molar-refractivity contribution in [3.8, 4) is 0 Å². The summed E-state index contributed by atoms with van der Waals surface area (Å²) in [6.45, 7) is 2.67. The first-order valence-corrected chi connectivity index (χ1v) is 10.2. The van der Waals surface area contributed by atoms with Crippen LogP contribution in [0.4, 0.5) is 5.82 Å². The Labute approximate surface area is 165 Å². The van der Waals surface area contributed by atoms with Gasteiger partial charge in [-0.25, -0.2) is 4.98 Å². The fourth-order valence-electron chi connectivity index (χ4n) is 5.18. The molecule has 0 spiro atoms. The van der Waals surface area contributed by atoms with E-state index in [1.54, 1.807) is 19.5 Å². The minimum absolute atomic E-state index is 0.0217. The van der Waals surface area contributed by atoms with Gasteiger partial charge in [0, 0.05) is 58.0 Å². The van der Waals surface area contributed by atoms with Gasteiger partial charge in [0.25, 0.3) is 0 Å². The molecule has 1 aromatic heterocycles. The maximum Gasteiger partial charge on any atom is 0.223 e. The predicted octanol–water partition coefficient (Wildman–Crippen LogP) is 0.835. The molecular weight excluding hydrogens is 358 g/mol. The molecule has 28 heavy (non-hydrogen) atoms. The molecule has 152 valence electrons. The van der Waals surface area contributed by atoms with Gasteiger partial charge in [-0.2, -0.15) is 0 Å². The second-order valence-corrected chi connectivity index (χ2v) is 8.10. The van der Waals surface area contributed by atoms with Gasteiger partial charge in [-0.05, 0) is 31.1 Å². The van der Waals surface area contributed by atoms with Gasteiger partial charge in [0.2, 0.25) is 11.8 Å². The van der Waals surface area contributed by atoms with E-state index < -0.39 is 0 Å². The number of amides is 2. The molecule has 3 aliphatic rings. The zero-order valence-corrected chi connectivity index (χ0v) is 16.4. The summed E-state index contributed by atoms with van der Waals surface area (Å²) in [5.41, 5.74) is 0. The van der Waals surface area contributed by atoms with Gasteiger partial charge in [0.15, 0.2) is 0 Å². The van der Waals surface area contributed by atoms with Crippen LogP contribution in [0, 0.1) is 11.8 Å². The van der Waals surface area contributed by atoms with Crippen molar-refractivity contribution in [2.24, 2.45) is 11.8 Å². The number of piperidine rings is 3. The summed E-state index contributed by atoms with van der Waals surface area (Å²) in [6.07, 6.45) is 9.30. The molecule has 3 fully saturated rings. The number of aromatic nitrogens is 2. The number of fused-ring (bicyclic) bond motifs is 4. The van der Waals surface area contributed by atoms with Gasteiger partial charge in [-0.1, -0.05) is 0 Å². The van der Waals surface area contributed by atoms with Gasteiger partial charge in [0.1, 0.15) is 5.82 Å². The van der Waals surface area contributed by atoms with Crippen LogP contribution in [0.3, 0.4) is 0 Å². The first-order chi connectivity index (χ1) is 13.7. The number of hydrogen-bond acceptors (Lipinski definition) is 6.